The van der Waals surface area contributed by atoms with E-state index in [0.29, 0.717) is 11.3 Å². The van der Waals surface area contributed by atoms with E-state index in [1.807, 2.05) is 0 Å². The standard InChI is InChI=1S/C13H16O4/c1-9(14)13(2,16)8-12(15)10-4-6-11(17-3)7-5-10/h4-7,16H,8H2,1-3H3. The van der Waals surface area contributed by atoms with Gasteiger partial charge in [-0.1, -0.05) is 0 Å². The molecule has 0 aliphatic rings. The first-order valence-corrected chi connectivity index (χ1v) is 5.27. The number of carbonyl (C=O) groups excluding carboxylic acids is 2. The minimum absolute atomic E-state index is 0.214. The minimum Gasteiger partial charge on any atom is -0.497 e. The third-order valence-electron chi connectivity index (χ3n) is 2.68. The molecule has 92 valence electrons. The molecule has 0 spiro atoms. The summed E-state index contributed by atoms with van der Waals surface area (Å²) in [5.74, 6) is -0.0351. The highest BCUT2D eigenvalue weighted by molar-refractivity contribution is 6.00. The van der Waals surface area contributed by atoms with Gasteiger partial charge in [0.2, 0.25) is 0 Å². The van der Waals surface area contributed by atoms with Crippen LogP contribution in [0.5, 0.6) is 5.75 Å². The molecular weight excluding hydrogens is 220 g/mol. The average Bonchev–Trinajstić information content (AvgIpc) is 2.28. The fourth-order valence-electron chi connectivity index (χ4n) is 1.32. The highest BCUT2D eigenvalue weighted by Crippen LogP contribution is 2.17. The molecule has 0 heterocycles. The fraction of sp³-hybridized carbons (Fsp3) is 0.385. The summed E-state index contributed by atoms with van der Waals surface area (Å²) < 4.78 is 4.97. The van der Waals surface area contributed by atoms with E-state index in [2.05, 4.69) is 0 Å². The molecule has 17 heavy (non-hydrogen) atoms. The molecule has 0 aliphatic heterocycles. The first-order chi connectivity index (χ1) is 7.86. The van der Waals surface area contributed by atoms with Crippen LogP contribution >= 0.6 is 0 Å². The number of rotatable bonds is 5. The van der Waals surface area contributed by atoms with Gasteiger partial charge in [-0.3, -0.25) is 9.59 Å². The monoisotopic (exact) mass is 236 g/mol. The van der Waals surface area contributed by atoms with Crippen LogP contribution in [0.2, 0.25) is 0 Å². The summed E-state index contributed by atoms with van der Waals surface area (Å²) in [6.07, 6.45) is -0.214. The highest BCUT2D eigenvalue weighted by atomic mass is 16.5. The fourth-order valence-corrected chi connectivity index (χ4v) is 1.32. The largest absolute Gasteiger partial charge is 0.497 e. The first kappa shape index (κ1) is 13.4. The summed E-state index contributed by atoms with van der Waals surface area (Å²) in [6, 6.07) is 6.54. The van der Waals surface area contributed by atoms with Gasteiger partial charge >= 0.3 is 0 Å². The number of ketones is 2. The Morgan fingerprint density at radius 3 is 2.24 bits per heavy atom. The molecule has 1 aromatic rings. The number of methoxy groups -OCH3 is 1. The second-order valence-electron chi connectivity index (χ2n) is 4.16. The zero-order chi connectivity index (χ0) is 13.1. The molecule has 1 unspecified atom stereocenters. The van der Waals surface area contributed by atoms with Crippen LogP contribution in [-0.2, 0) is 4.79 Å². The van der Waals surface area contributed by atoms with Gasteiger partial charge in [-0.25, -0.2) is 0 Å². The average molecular weight is 236 g/mol. The van der Waals surface area contributed by atoms with Crippen molar-refractivity contribution in [2.75, 3.05) is 7.11 Å². The Hall–Kier alpha value is -1.68. The van der Waals surface area contributed by atoms with Gasteiger partial charge in [0, 0.05) is 12.0 Å². The molecule has 0 aromatic heterocycles. The SMILES string of the molecule is COc1ccc(C(=O)CC(C)(O)C(C)=O)cc1. The van der Waals surface area contributed by atoms with Gasteiger partial charge in [0.1, 0.15) is 11.4 Å². The molecule has 0 amide bonds. The van der Waals surface area contributed by atoms with Gasteiger partial charge in [0.05, 0.1) is 7.11 Å². The lowest BCUT2D eigenvalue weighted by Crippen LogP contribution is -2.35. The molecule has 4 heteroatoms. The smallest absolute Gasteiger partial charge is 0.166 e. The summed E-state index contributed by atoms with van der Waals surface area (Å²) >= 11 is 0. The maximum Gasteiger partial charge on any atom is 0.166 e. The van der Waals surface area contributed by atoms with E-state index in [1.54, 1.807) is 24.3 Å². The van der Waals surface area contributed by atoms with Crippen LogP contribution in [0.1, 0.15) is 30.6 Å². The molecule has 0 aliphatic carbocycles. The third kappa shape index (κ3) is 3.39. The summed E-state index contributed by atoms with van der Waals surface area (Å²) in [6.45, 7) is 2.61. The number of ether oxygens (including phenoxy) is 1. The van der Waals surface area contributed by atoms with Gasteiger partial charge in [-0.15, -0.1) is 0 Å². The van der Waals surface area contributed by atoms with E-state index in [9.17, 15) is 14.7 Å². The molecule has 1 rings (SSSR count). The zero-order valence-electron chi connectivity index (χ0n) is 10.2. The molecular formula is C13H16O4. The molecule has 1 aromatic carbocycles. The van der Waals surface area contributed by atoms with Crippen LogP contribution < -0.4 is 4.74 Å². The third-order valence-corrected chi connectivity index (χ3v) is 2.68. The van der Waals surface area contributed by atoms with E-state index in [4.69, 9.17) is 4.74 Å². The molecule has 0 bridgehead atoms. The summed E-state index contributed by atoms with van der Waals surface area (Å²) in [4.78, 5) is 22.9. The molecule has 0 fully saturated rings. The zero-order valence-corrected chi connectivity index (χ0v) is 10.2. The number of hydrogen-bond acceptors (Lipinski definition) is 4. The Balaban J connectivity index is 2.80. The lowest BCUT2D eigenvalue weighted by molar-refractivity contribution is -0.133. The lowest BCUT2D eigenvalue weighted by Gasteiger charge is -2.18. The van der Waals surface area contributed by atoms with Crippen molar-refractivity contribution in [3.05, 3.63) is 29.8 Å². The molecule has 4 nitrogen and oxygen atoms in total. The van der Waals surface area contributed by atoms with Crippen molar-refractivity contribution in [1.29, 1.82) is 0 Å². The van der Waals surface area contributed by atoms with Gasteiger partial charge in [0.25, 0.3) is 0 Å². The predicted octanol–water partition coefficient (Wildman–Crippen LogP) is 1.61. The van der Waals surface area contributed by atoms with Crippen LogP contribution in [0, 0.1) is 0 Å². The normalized spacial score (nSPS) is 13.9. The van der Waals surface area contributed by atoms with E-state index in [0.717, 1.165) is 0 Å². The Morgan fingerprint density at radius 1 is 1.29 bits per heavy atom. The molecule has 1 atom stereocenters. The quantitative estimate of drug-likeness (QED) is 0.789. The molecule has 0 saturated carbocycles. The number of aliphatic hydroxyl groups is 1. The Kier molecular flexibility index (Phi) is 4.02. The predicted molar refractivity (Wildman–Crippen MR) is 63.2 cm³/mol. The van der Waals surface area contributed by atoms with Gasteiger partial charge in [0.15, 0.2) is 11.6 Å². The van der Waals surface area contributed by atoms with Crippen LogP contribution in [0.3, 0.4) is 0 Å². The van der Waals surface area contributed by atoms with Gasteiger partial charge in [-0.2, -0.15) is 0 Å². The summed E-state index contributed by atoms with van der Waals surface area (Å²) in [5.41, 5.74) is -1.15. The van der Waals surface area contributed by atoms with Gasteiger partial charge in [-0.05, 0) is 38.1 Å². The first-order valence-electron chi connectivity index (χ1n) is 5.27. The van der Waals surface area contributed by atoms with Crippen molar-refractivity contribution in [2.24, 2.45) is 0 Å². The van der Waals surface area contributed by atoms with Crippen LogP contribution in [0.25, 0.3) is 0 Å². The number of Topliss-reactive ketones (excluding diaryl/α,β-unsaturated/α-hetero) is 2. The van der Waals surface area contributed by atoms with Crippen LogP contribution in [0.4, 0.5) is 0 Å². The topological polar surface area (TPSA) is 63.6 Å². The van der Waals surface area contributed by atoms with Crippen molar-refractivity contribution in [2.45, 2.75) is 25.9 Å². The highest BCUT2D eigenvalue weighted by Gasteiger charge is 2.29. The maximum atomic E-state index is 11.8. The Bertz CT molecular complexity index is 418. The van der Waals surface area contributed by atoms with Crippen LogP contribution in [-0.4, -0.2) is 29.4 Å². The summed E-state index contributed by atoms with van der Waals surface area (Å²) in [5, 5.41) is 9.73. The Morgan fingerprint density at radius 2 is 1.82 bits per heavy atom. The van der Waals surface area contributed by atoms with E-state index < -0.39 is 11.4 Å². The van der Waals surface area contributed by atoms with Crippen molar-refractivity contribution in [3.63, 3.8) is 0 Å². The van der Waals surface area contributed by atoms with E-state index >= 15 is 0 Å². The van der Waals surface area contributed by atoms with Gasteiger partial charge < -0.3 is 9.84 Å². The van der Waals surface area contributed by atoms with Crippen molar-refractivity contribution in [1.82, 2.24) is 0 Å². The number of carbonyl (C=O) groups is 2. The van der Waals surface area contributed by atoms with E-state index in [1.165, 1.54) is 21.0 Å². The number of benzene rings is 1. The molecule has 0 radical (unpaired) electrons. The minimum atomic E-state index is -1.60. The Labute approximate surface area is 100 Å². The second kappa shape index (κ2) is 5.10. The molecule has 0 saturated heterocycles. The van der Waals surface area contributed by atoms with E-state index in [-0.39, 0.29) is 12.2 Å². The number of hydrogen-bond donors (Lipinski definition) is 1. The second-order valence-corrected chi connectivity index (χ2v) is 4.16. The lowest BCUT2D eigenvalue weighted by atomic mass is 9.92. The van der Waals surface area contributed by atoms with Crippen molar-refractivity contribution < 1.29 is 19.4 Å². The maximum absolute atomic E-state index is 11.8. The summed E-state index contributed by atoms with van der Waals surface area (Å²) in [7, 11) is 1.54. The molecule has 1 N–H and O–H groups in total. The van der Waals surface area contributed by atoms with Crippen molar-refractivity contribution in [3.8, 4) is 5.75 Å². The van der Waals surface area contributed by atoms with Crippen molar-refractivity contribution >= 4 is 11.6 Å². The van der Waals surface area contributed by atoms with Crippen LogP contribution in [0.15, 0.2) is 24.3 Å².